The lowest BCUT2D eigenvalue weighted by atomic mass is 10.0. The number of ketones is 1. The van der Waals surface area contributed by atoms with E-state index in [2.05, 4.69) is 19.1 Å². The van der Waals surface area contributed by atoms with Gasteiger partial charge in [0.25, 0.3) is 0 Å². The SMILES string of the molecule is CC1CC(=O)c2cc3c(cc2S1)CCC3. The van der Waals surface area contributed by atoms with Crippen LogP contribution in [0.2, 0.25) is 0 Å². The molecule has 2 aliphatic rings. The molecule has 0 radical (unpaired) electrons. The zero-order chi connectivity index (χ0) is 10.4. The summed E-state index contributed by atoms with van der Waals surface area (Å²) in [4.78, 5) is 13.1. The molecule has 1 aliphatic carbocycles. The van der Waals surface area contributed by atoms with Crippen LogP contribution < -0.4 is 0 Å². The molecular formula is C13H14OS. The second-order valence-corrected chi connectivity index (χ2v) is 6.01. The molecule has 0 bridgehead atoms. The Balaban J connectivity index is 2.13. The maximum absolute atomic E-state index is 11.9. The van der Waals surface area contributed by atoms with Gasteiger partial charge < -0.3 is 0 Å². The molecule has 1 aromatic rings. The molecule has 0 saturated carbocycles. The lowest BCUT2D eigenvalue weighted by Crippen LogP contribution is -2.15. The number of fused-ring (bicyclic) bond motifs is 2. The van der Waals surface area contributed by atoms with Crippen LogP contribution in [0.5, 0.6) is 0 Å². The monoisotopic (exact) mass is 218 g/mol. The van der Waals surface area contributed by atoms with Gasteiger partial charge in [-0.25, -0.2) is 0 Å². The number of aryl methyl sites for hydroxylation is 2. The highest BCUT2D eigenvalue weighted by Crippen LogP contribution is 2.38. The van der Waals surface area contributed by atoms with Crippen molar-refractivity contribution in [1.29, 1.82) is 0 Å². The highest BCUT2D eigenvalue weighted by atomic mass is 32.2. The minimum absolute atomic E-state index is 0.339. The highest BCUT2D eigenvalue weighted by Gasteiger charge is 2.25. The number of Topliss-reactive ketones (excluding diaryl/α,β-unsaturated/α-hetero) is 1. The standard InChI is InChI=1S/C13H14OS/c1-8-5-12(14)11-6-9-3-2-4-10(9)7-13(11)15-8/h6-8H,2-5H2,1H3. The molecule has 2 heteroatoms. The van der Waals surface area contributed by atoms with Gasteiger partial charge in [0.05, 0.1) is 0 Å². The van der Waals surface area contributed by atoms with Crippen molar-refractivity contribution in [3.63, 3.8) is 0 Å². The third-order valence-corrected chi connectivity index (χ3v) is 4.46. The van der Waals surface area contributed by atoms with E-state index in [4.69, 9.17) is 0 Å². The highest BCUT2D eigenvalue weighted by molar-refractivity contribution is 8.00. The molecule has 0 amide bonds. The van der Waals surface area contributed by atoms with Crippen LogP contribution in [-0.2, 0) is 12.8 Å². The van der Waals surface area contributed by atoms with Gasteiger partial charge in [-0.05, 0) is 42.5 Å². The van der Waals surface area contributed by atoms with Crippen LogP contribution in [0.25, 0.3) is 0 Å². The van der Waals surface area contributed by atoms with Gasteiger partial charge in [-0.15, -0.1) is 11.8 Å². The van der Waals surface area contributed by atoms with Gasteiger partial charge in [0, 0.05) is 22.1 Å². The van der Waals surface area contributed by atoms with Crippen LogP contribution in [0, 0.1) is 0 Å². The van der Waals surface area contributed by atoms with Crippen molar-refractivity contribution in [3.8, 4) is 0 Å². The van der Waals surface area contributed by atoms with E-state index in [9.17, 15) is 4.79 Å². The molecule has 0 aromatic heterocycles. The molecular weight excluding hydrogens is 204 g/mol. The van der Waals surface area contributed by atoms with Gasteiger partial charge in [-0.3, -0.25) is 4.79 Å². The minimum atomic E-state index is 0.339. The van der Waals surface area contributed by atoms with E-state index in [-0.39, 0.29) is 0 Å². The first kappa shape index (κ1) is 9.46. The number of thioether (sulfide) groups is 1. The van der Waals surface area contributed by atoms with E-state index in [0.717, 1.165) is 12.0 Å². The number of benzene rings is 1. The summed E-state index contributed by atoms with van der Waals surface area (Å²) in [6.45, 7) is 2.14. The van der Waals surface area contributed by atoms with Crippen LogP contribution in [0.4, 0.5) is 0 Å². The summed E-state index contributed by atoms with van der Waals surface area (Å²) in [6, 6.07) is 4.41. The smallest absolute Gasteiger partial charge is 0.165 e. The van der Waals surface area contributed by atoms with Crippen molar-refractivity contribution >= 4 is 17.5 Å². The summed E-state index contributed by atoms with van der Waals surface area (Å²) in [5, 5.41) is 0.449. The molecule has 15 heavy (non-hydrogen) atoms. The fourth-order valence-corrected chi connectivity index (χ4v) is 3.72. The molecule has 0 spiro atoms. The van der Waals surface area contributed by atoms with Gasteiger partial charge in [0.15, 0.2) is 5.78 Å². The minimum Gasteiger partial charge on any atom is -0.294 e. The maximum Gasteiger partial charge on any atom is 0.165 e. The number of hydrogen-bond acceptors (Lipinski definition) is 2. The lowest BCUT2D eigenvalue weighted by molar-refractivity contribution is 0.0978. The van der Waals surface area contributed by atoms with Gasteiger partial charge in [0.1, 0.15) is 0 Å². The Morgan fingerprint density at radius 1 is 1.27 bits per heavy atom. The Morgan fingerprint density at radius 3 is 2.80 bits per heavy atom. The largest absolute Gasteiger partial charge is 0.294 e. The molecule has 1 unspecified atom stereocenters. The van der Waals surface area contributed by atoms with Crippen molar-refractivity contribution in [2.45, 2.75) is 42.8 Å². The molecule has 1 aliphatic heterocycles. The van der Waals surface area contributed by atoms with Crippen molar-refractivity contribution < 1.29 is 4.79 Å². The lowest BCUT2D eigenvalue weighted by Gasteiger charge is -2.20. The Labute approximate surface area is 94.3 Å². The molecule has 1 heterocycles. The number of rotatable bonds is 0. The predicted molar refractivity (Wildman–Crippen MR) is 62.7 cm³/mol. The van der Waals surface area contributed by atoms with E-state index in [1.807, 2.05) is 11.8 Å². The molecule has 1 atom stereocenters. The van der Waals surface area contributed by atoms with Crippen molar-refractivity contribution in [3.05, 3.63) is 28.8 Å². The third-order valence-electron chi connectivity index (χ3n) is 3.30. The summed E-state index contributed by atoms with van der Waals surface area (Å²) in [5.74, 6) is 0.339. The van der Waals surface area contributed by atoms with E-state index in [1.165, 1.54) is 28.9 Å². The fourth-order valence-electron chi connectivity index (χ4n) is 2.55. The van der Waals surface area contributed by atoms with Crippen molar-refractivity contribution in [1.82, 2.24) is 0 Å². The molecule has 1 aromatic carbocycles. The van der Waals surface area contributed by atoms with Gasteiger partial charge >= 0.3 is 0 Å². The maximum atomic E-state index is 11.9. The van der Waals surface area contributed by atoms with E-state index >= 15 is 0 Å². The number of carbonyl (C=O) groups excluding carboxylic acids is 1. The molecule has 3 rings (SSSR count). The molecule has 1 nitrogen and oxygen atoms in total. The normalized spacial score (nSPS) is 23.8. The average molecular weight is 218 g/mol. The Bertz CT molecular complexity index is 436. The van der Waals surface area contributed by atoms with Crippen LogP contribution >= 0.6 is 11.8 Å². The van der Waals surface area contributed by atoms with Gasteiger partial charge in [-0.2, -0.15) is 0 Å². The predicted octanol–water partition coefficient (Wildman–Crippen LogP) is 3.24. The second kappa shape index (κ2) is 3.38. The summed E-state index contributed by atoms with van der Waals surface area (Å²) < 4.78 is 0. The van der Waals surface area contributed by atoms with Crippen LogP contribution in [0.1, 0.15) is 41.3 Å². The van der Waals surface area contributed by atoms with Gasteiger partial charge in [-0.1, -0.05) is 6.92 Å². The number of carbonyl (C=O) groups is 1. The average Bonchev–Trinajstić information content (AvgIpc) is 2.61. The first-order valence-electron chi connectivity index (χ1n) is 5.59. The third kappa shape index (κ3) is 1.51. The van der Waals surface area contributed by atoms with Crippen molar-refractivity contribution in [2.75, 3.05) is 0 Å². The van der Waals surface area contributed by atoms with Crippen LogP contribution in [0.15, 0.2) is 17.0 Å². The molecule has 0 N–H and O–H groups in total. The Morgan fingerprint density at radius 2 is 2.00 bits per heavy atom. The van der Waals surface area contributed by atoms with E-state index in [1.54, 1.807) is 0 Å². The molecule has 0 fully saturated rings. The molecule has 0 saturated heterocycles. The fraction of sp³-hybridized carbons (Fsp3) is 0.462. The summed E-state index contributed by atoms with van der Waals surface area (Å²) >= 11 is 1.86. The van der Waals surface area contributed by atoms with E-state index in [0.29, 0.717) is 17.5 Å². The first-order valence-corrected chi connectivity index (χ1v) is 6.47. The zero-order valence-corrected chi connectivity index (χ0v) is 9.69. The van der Waals surface area contributed by atoms with Crippen molar-refractivity contribution in [2.24, 2.45) is 0 Å². The summed E-state index contributed by atoms with van der Waals surface area (Å²) in [6.07, 6.45) is 4.32. The topological polar surface area (TPSA) is 17.1 Å². The summed E-state index contributed by atoms with van der Waals surface area (Å²) in [7, 11) is 0. The van der Waals surface area contributed by atoms with Crippen LogP contribution in [0.3, 0.4) is 0 Å². The summed E-state index contributed by atoms with van der Waals surface area (Å²) in [5.41, 5.74) is 3.87. The Kier molecular flexibility index (Phi) is 2.13. The Hall–Kier alpha value is -0.760. The quantitative estimate of drug-likeness (QED) is 0.665. The molecule has 78 valence electrons. The van der Waals surface area contributed by atoms with Crippen LogP contribution in [-0.4, -0.2) is 11.0 Å². The zero-order valence-electron chi connectivity index (χ0n) is 8.88. The van der Waals surface area contributed by atoms with Gasteiger partial charge in [0.2, 0.25) is 0 Å². The van der Waals surface area contributed by atoms with E-state index < -0.39 is 0 Å². The first-order chi connectivity index (χ1) is 7.24. The second-order valence-electron chi connectivity index (χ2n) is 4.53. The number of hydrogen-bond donors (Lipinski definition) is 0.